The van der Waals surface area contributed by atoms with E-state index in [0.717, 1.165) is 4.90 Å². The number of hydrogen-bond donors (Lipinski definition) is 0. The van der Waals surface area contributed by atoms with Crippen molar-refractivity contribution in [2.45, 2.75) is 5.25 Å². The molecule has 0 saturated carbocycles. The van der Waals surface area contributed by atoms with E-state index in [4.69, 9.17) is 4.74 Å². The second kappa shape index (κ2) is 6.64. The molecule has 7 nitrogen and oxygen atoms in total. The zero-order valence-electron chi connectivity index (χ0n) is 13.1. The van der Waals surface area contributed by atoms with Gasteiger partial charge in [-0.25, -0.2) is 0 Å². The number of benzene rings is 1. The molecule has 1 atom stereocenters. The molecule has 0 aliphatic carbocycles. The van der Waals surface area contributed by atoms with Gasteiger partial charge in [0.2, 0.25) is 5.91 Å². The number of ether oxygens (including phenoxy) is 1. The van der Waals surface area contributed by atoms with Crippen molar-refractivity contribution in [2.75, 3.05) is 32.5 Å². The molecule has 8 heteroatoms. The molecule has 3 rings (SSSR count). The number of nitrogens with zero attached hydrogens (tertiary/aromatic N) is 2. The highest BCUT2D eigenvalue weighted by molar-refractivity contribution is 8.00. The molecule has 1 aromatic rings. The summed E-state index contributed by atoms with van der Waals surface area (Å²) in [7, 11) is 1.31. The zero-order chi connectivity index (χ0) is 17.3. The molecular weight excluding hydrogens is 332 g/mol. The number of carbonyl (C=O) groups is 4. The van der Waals surface area contributed by atoms with Crippen LogP contribution in [0.1, 0.15) is 20.7 Å². The van der Waals surface area contributed by atoms with E-state index >= 15 is 0 Å². The van der Waals surface area contributed by atoms with Crippen molar-refractivity contribution in [3.63, 3.8) is 0 Å². The van der Waals surface area contributed by atoms with E-state index in [2.05, 4.69) is 0 Å². The normalized spacial score (nSPS) is 20.1. The third kappa shape index (κ3) is 2.89. The molecule has 24 heavy (non-hydrogen) atoms. The Balaban J connectivity index is 1.68. The van der Waals surface area contributed by atoms with Gasteiger partial charge in [0.25, 0.3) is 11.8 Å². The summed E-state index contributed by atoms with van der Waals surface area (Å²) in [4.78, 5) is 51.2. The molecule has 0 bridgehead atoms. The zero-order valence-corrected chi connectivity index (χ0v) is 13.9. The molecule has 1 saturated heterocycles. The lowest BCUT2D eigenvalue weighted by atomic mass is 10.1. The second-order valence-electron chi connectivity index (χ2n) is 5.46. The van der Waals surface area contributed by atoms with Crippen LogP contribution < -0.4 is 0 Å². The summed E-state index contributed by atoms with van der Waals surface area (Å²) < 4.78 is 4.71. The van der Waals surface area contributed by atoms with Gasteiger partial charge in [-0.2, -0.15) is 0 Å². The predicted molar refractivity (Wildman–Crippen MR) is 86.7 cm³/mol. The lowest BCUT2D eigenvalue weighted by molar-refractivity contribution is -0.141. The van der Waals surface area contributed by atoms with E-state index in [1.54, 1.807) is 24.3 Å². The van der Waals surface area contributed by atoms with Gasteiger partial charge in [0.15, 0.2) is 0 Å². The minimum absolute atomic E-state index is 0.222. The van der Waals surface area contributed by atoms with E-state index in [1.807, 2.05) is 0 Å². The first-order valence-electron chi connectivity index (χ1n) is 7.45. The number of rotatable bonds is 3. The summed E-state index contributed by atoms with van der Waals surface area (Å²) in [6.07, 6.45) is 0. The molecular formula is C16H16N2O5S. The first-order valence-corrected chi connectivity index (χ1v) is 8.50. The van der Waals surface area contributed by atoms with Crippen LogP contribution in [0.3, 0.4) is 0 Å². The minimum Gasteiger partial charge on any atom is -0.468 e. The maximum atomic E-state index is 12.5. The van der Waals surface area contributed by atoms with Crippen LogP contribution >= 0.6 is 11.8 Å². The highest BCUT2D eigenvalue weighted by Crippen LogP contribution is 2.24. The van der Waals surface area contributed by atoms with Gasteiger partial charge < -0.3 is 9.64 Å². The highest BCUT2D eigenvalue weighted by Gasteiger charge is 2.38. The molecule has 2 aliphatic rings. The van der Waals surface area contributed by atoms with Gasteiger partial charge in [0.1, 0.15) is 11.8 Å². The van der Waals surface area contributed by atoms with Gasteiger partial charge in [-0.1, -0.05) is 12.1 Å². The maximum absolute atomic E-state index is 12.5. The smallest absolute Gasteiger partial charge is 0.320 e. The van der Waals surface area contributed by atoms with Crippen molar-refractivity contribution in [1.29, 1.82) is 0 Å². The number of methoxy groups -OCH3 is 1. The fourth-order valence-corrected chi connectivity index (χ4v) is 3.90. The number of carbonyl (C=O) groups excluding carboxylic acids is 4. The number of esters is 1. The molecule has 3 amide bonds. The fraction of sp³-hybridized carbons (Fsp3) is 0.375. The Hall–Kier alpha value is -2.35. The van der Waals surface area contributed by atoms with Gasteiger partial charge >= 0.3 is 5.97 Å². The molecule has 0 N–H and O–H groups in total. The number of amides is 3. The molecule has 0 radical (unpaired) electrons. The summed E-state index contributed by atoms with van der Waals surface area (Å²) in [6.45, 7) is 0.379. The average molecular weight is 348 g/mol. The number of fused-ring (bicyclic) bond motifs is 1. The quantitative estimate of drug-likeness (QED) is 0.581. The molecule has 1 aromatic carbocycles. The maximum Gasteiger partial charge on any atom is 0.320 e. The number of thioether (sulfide) groups is 1. The molecule has 1 fully saturated rings. The third-order valence-corrected chi connectivity index (χ3v) is 5.22. The van der Waals surface area contributed by atoms with E-state index in [1.165, 1.54) is 23.8 Å². The second-order valence-corrected chi connectivity index (χ2v) is 6.77. The minimum atomic E-state index is -0.458. The van der Waals surface area contributed by atoms with Crippen LogP contribution in [0.2, 0.25) is 0 Å². The monoisotopic (exact) mass is 348 g/mol. The van der Waals surface area contributed by atoms with Crippen LogP contribution in [-0.4, -0.2) is 71.2 Å². The largest absolute Gasteiger partial charge is 0.468 e. The molecule has 126 valence electrons. The molecule has 0 unspecified atom stereocenters. The topological polar surface area (TPSA) is 84.0 Å². The van der Waals surface area contributed by atoms with Gasteiger partial charge in [0, 0.05) is 18.8 Å². The van der Waals surface area contributed by atoms with E-state index in [9.17, 15) is 19.2 Å². The SMILES string of the molecule is COC(=O)[C@@H]1CN(C(=O)CN2C(=O)c3ccccc3C2=O)CCS1. The predicted octanol–water partition coefficient (Wildman–Crippen LogP) is 0.400. The summed E-state index contributed by atoms with van der Waals surface area (Å²) in [5.74, 6) is -1.04. The van der Waals surface area contributed by atoms with Gasteiger partial charge in [-0.05, 0) is 12.1 Å². The Labute approximate surface area is 142 Å². The summed E-state index contributed by atoms with van der Waals surface area (Å²) in [5.41, 5.74) is 0.633. The molecule has 2 aliphatic heterocycles. The third-order valence-electron chi connectivity index (χ3n) is 4.05. The van der Waals surface area contributed by atoms with Gasteiger partial charge in [-0.3, -0.25) is 24.1 Å². The first kappa shape index (κ1) is 16.5. The van der Waals surface area contributed by atoms with Crippen molar-refractivity contribution in [1.82, 2.24) is 9.80 Å². The number of imide groups is 1. The Bertz CT molecular complexity index is 685. The molecule has 0 aromatic heterocycles. The van der Waals surface area contributed by atoms with Crippen molar-refractivity contribution in [2.24, 2.45) is 0 Å². The van der Waals surface area contributed by atoms with Crippen LogP contribution in [-0.2, 0) is 14.3 Å². The van der Waals surface area contributed by atoms with Crippen LogP contribution in [0.5, 0.6) is 0 Å². The van der Waals surface area contributed by atoms with Crippen molar-refractivity contribution in [3.05, 3.63) is 35.4 Å². The van der Waals surface area contributed by atoms with Crippen LogP contribution in [0, 0.1) is 0 Å². The van der Waals surface area contributed by atoms with E-state index in [0.29, 0.717) is 23.4 Å². The van der Waals surface area contributed by atoms with Crippen LogP contribution in [0.25, 0.3) is 0 Å². The number of hydrogen-bond acceptors (Lipinski definition) is 6. The summed E-state index contributed by atoms with van der Waals surface area (Å²) in [5, 5.41) is -0.435. The Kier molecular flexibility index (Phi) is 4.57. The van der Waals surface area contributed by atoms with Crippen molar-refractivity contribution >= 4 is 35.5 Å². The summed E-state index contributed by atoms with van der Waals surface area (Å²) >= 11 is 1.43. The lowest BCUT2D eigenvalue weighted by Crippen LogP contribution is -2.49. The first-order chi connectivity index (χ1) is 11.5. The standard InChI is InChI=1S/C16H16N2O5S/c1-23-16(22)12-8-17(6-7-24-12)13(19)9-18-14(20)10-4-2-3-5-11(10)15(18)21/h2-5,12H,6-9H2,1H3/t12-/m0/s1. The van der Waals surface area contributed by atoms with Crippen molar-refractivity contribution in [3.8, 4) is 0 Å². The lowest BCUT2D eigenvalue weighted by Gasteiger charge is -2.31. The Morgan fingerprint density at radius 1 is 1.21 bits per heavy atom. The van der Waals surface area contributed by atoms with E-state index < -0.39 is 17.1 Å². The Morgan fingerprint density at radius 3 is 2.42 bits per heavy atom. The van der Waals surface area contributed by atoms with Gasteiger partial charge in [-0.15, -0.1) is 11.8 Å². The van der Waals surface area contributed by atoms with Crippen LogP contribution in [0.15, 0.2) is 24.3 Å². The molecule has 0 spiro atoms. The van der Waals surface area contributed by atoms with E-state index in [-0.39, 0.29) is 25.0 Å². The van der Waals surface area contributed by atoms with Gasteiger partial charge in [0.05, 0.1) is 18.2 Å². The summed E-state index contributed by atoms with van der Waals surface area (Å²) in [6, 6.07) is 6.51. The average Bonchev–Trinajstić information content (AvgIpc) is 2.86. The van der Waals surface area contributed by atoms with Crippen molar-refractivity contribution < 1.29 is 23.9 Å². The Morgan fingerprint density at radius 2 is 1.83 bits per heavy atom. The van der Waals surface area contributed by atoms with Crippen LogP contribution in [0.4, 0.5) is 0 Å². The fourth-order valence-electron chi connectivity index (χ4n) is 2.77. The highest BCUT2D eigenvalue weighted by atomic mass is 32.2. The molecule has 2 heterocycles.